The number of ether oxygens (including phenoxy) is 1. The zero-order valence-corrected chi connectivity index (χ0v) is 14.2. The minimum absolute atomic E-state index is 0.0534. The molecule has 0 spiro atoms. The van der Waals surface area contributed by atoms with Crippen molar-refractivity contribution >= 4 is 10.1 Å². The highest BCUT2D eigenvalue weighted by molar-refractivity contribution is 7.87. The second-order valence-corrected chi connectivity index (χ2v) is 7.34. The number of fused-ring (bicyclic) bond motifs is 1. The molecule has 1 aliphatic carbocycles. The molecule has 0 fully saturated rings. The molecule has 0 atom stereocenters. The van der Waals surface area contributed by atoms with Crippen LogP contribution in [-0.4, -0.2) is 15.5 Å². The van der Waals surface area contributed by atoms with Gasteiger partial charge in [0, 0.05) is 0 Å². The first-order chi connectivity index (χ1) is 11.0. The molecule has 2 aromatic rings. The molecule has 0 saturated carbocycles. The molecule has 0 N–H and O–H groups in total. The molecule has 5 heteroatoms. The van der Waals surface area contributed by atoms with Crippen LogP contribution in [0.4, 0.5) is 0 Å². The Labute approximate surface area is 137 Å². The van der Waals surface area contributed by atoms with Crippen LogP contribution in [0.2, 0.25) is 0 Å². The van der Waals surface area contributed by atoms with Gasteiger partial charge in [0.05, 0.1) is 7.11 Å². The summed E-state index contributed by atoms with van der Waals surface area (Å²) in [5, 5.41) is 0. The highest BCUT2D eigenvalue weighted by atomic mass is 32.2. The fourth-order valence-corrected chi connectivity index (χ4v) is 4.09. The van der Waals surface area contributed by atoms with Gasteiger partial charge in [-0.05, 0) is 73.6 Å². The summed E-state index contributed by atoms with van der Waals surface area (Å²) < 4.78 is 35.7. The van der Waals surface area contributed by atoms with Gasteiger partial charge in [0.15, 0.2) is 0 Å². The van der Waals surface area contributed by atoms with Gasteiger partial charge in [0.1, 0.15) is 16.4 Å². The van der Waals surface area contributed by atoms with E-state index in [1.54, 1.807) is 24.3 Å². The first-order valence-electron chi connectivity index (χ1n) is 7.70. The van der Waals surface area contributed by atoms with E-state index in [1.165, 1.54) is 24.7 Å². The van der Waals surface area contributed by atoms with E-state index in [0.717, 1.165) is 24.8 Å². The predicted octanol–water partition coefficient (Wildman–Crippen LogP) is 3.65. The van der Waals surface area contributed by atoms with Gasteiger partial charge < -0.3 is 8.92 Å². The normalized spacial score (nSPS) is 14.2. The minimum atomic E-state index is -3.93. The lowest BCUT2D eigenvalue weighted by Gasteiger charge is -2.17. The number of rotatable bonds is 4. The number of hydrogen-bond acceptors (Lipinski definition) is 4. The van der Waals surface area contributed by atoms with Crippen LogP contribution >= 0.6 is 0 Å². The minimum Gasteiger partial charge on any atom is -0.495 e. The first-order valence-corrected chi connectivity index (χ1v) is 9.11. The van der Waals surface area contributed by atoms with Crippen LogP contribution in [0.25, 0.3) is 0 Å². The van der Waals surface area contributed by atoms with E-state index in [0.29, 0.717) is 5.75 Å². The highest BCUT2D eigenvalue weighted by Crippen LogP contribution is 2.30. The third-order valence-electron chi connectivity index (χ3n) is 4.11. The van der Waals surface area contributed by atoms with Crippen LogP contribution in [0.1, 0.15) is 29.5 Å². The topological polar surface area (TPSA) is 52.6 Å². The van der Waals surface area contributed by atoms with Gasteiger partial charge >= 0.3 is 10.1 Å². The van der Waals surface area contributed by atoms with Crippen LogP contribution in [0.15, 0.2) is 41.3 Å². The van der Waals surface area contributed by atoms with Crippen molar-refractivity contribution in [2.24, 2.45) is 0 Å². The SMILES string of the molecule is COc1ccc(C)cc1S(=O)(=O)Oc1ccc2c(c1)CCCC2. The third-order valence-corrected chi connectivity index (χ3v) is 5.38. The van der Waals surface area contributed by atoms with Gasteiger partial charge in [-0.1, -0.05) is 12.1 Å². The molecular weight excluding hydrogens is 312 g/mol. The molecule has 1 aliphatic rings. The lowest BCUT2D eigenvalue weighted by Crippen LogP contribution is -2.12. The average molecular weight is 332 g/mol. The molecule has 0 amide bonds. The Kier molecular flexibility index (Phi) is 4.31. The van der Waals surface area contributed by atoms with E-state index in [9.17, 15) is 8.42 Å². The molecule has 2 aromatic carbocycles. The Morgan fingerprint density at radius 2 is 1.70 bits per heavy atom. The number of aryl methyl sites for hydroxylation is 3. The van der Waals surface area contributed by atoms with E-state index >= 15 is 0 Å². The first kappa shape index (κ1) is 15.9. The monoisotopic (exact) mass is 332 g/mol. The van der Waals surface area contributed by atoms with Crippen LogP contribution < -0.4 is 8.92 Å². The quantitative estimate of drug-likeness (QED) is 0.802. The summed E-state index contributed by atoms with van der Waals surface area (Å²) in [6.07, 6.45) is 4.34. The molecule has 0 aliphatic heterocycles. The number of benzene rings is 2. The van der Waals surface area contributed by atoms with Crippen LogP contribution in [0.3, 0.4) is 0 Å². The van der Waals surface area contributed by atoms with Crippen LogP contribution in [0, 0.1) is 6.92 Å². The Morgan fingerprint density at radius 3 is 2.43 bits per heavy atom. The summed E-state index contributed by atoms with van der Waals surface area (Å²) in [6.45, 7) is 1.83. The lowest BCUT2D eigenvalue weighted by molar-refractivity contribution is 0.398. The van der Waals surface area contributed by atoms with Crippen molar-refractivity contribution in [2.75, 3.05) is 7.11 Å². The average Bonchev–Trinajstić information content (AvgIpc) is 2.54. The maximum Gasteiger partial charge on any atom is 0.342 e. The second-order valence-electron chi connectivity index (χ2n) is 5.83. The standard InChI is InChI=1S/C18H20O4S/c1-13-7-10-17(21-2)18(11-13)23(19,20)22-16-9-8-14-5-3-4-6-15(14)12-16/h7-12H,3-6H2,1-2H3. The van der Waals surface area contributed by atoms with Crippen molar-refractivity contribution in [3.8, 4) is 11.5 Å². The summed E-state index contributed by atoms with van der Waals surface area (Å²) in [4.78, 5) is 0.0534. The molecular formula is C18H20O4S. The predicted molar refractivity (Wildman–Crippen MR) is 88.6 cm³/mol. The van der Waals surface area contributed by atoms with Crippen molar-refractivity contribution in [3.63, 3.8) is 0 Å². The second kappa shape index (κ2) is 6.24. The van der Waals surface area contributed by atoms with E-state index in [-0.39, 0.29) is 10.6 Å². The van der Waals surface area contributed by atoms with Crippen molar-refractivity contribution < 1.29 is 17.3 Å². The molecule has 0 unspecified atom stereocenters. The van der Waals surface area contributed by atoms with Gasteiger partial charge in [0.25, 0.3) is 0 Å². The van der Waals surface area contributed by atoms with Crippen LogP contribution in [-0.2, 0) is 23.0 Å². The zero-order chi connectivity index (χ0) is 16.4. The highest BCUT2D eigenvalue weighted by Gasteiger charge is 2.23. The van der Waals surface area contributed by atoms with Gasteiger partial charge in [-0.15, -0.1) is 0 Å². The van der Waals surface area contributed by atoms with E-state index < -0.39 is 10.1 Å². The van der Waals surface area contributed by atoms with Crippen LogP contribution in [0.5, 0.6) is 11.5 Å². The lowest BCUT2D eigenvalue weighted by atomic mass is 9.92. The number of hydrogen-bond donors (Lipinski definition) is 0. The van der Waals surface area contributed by atoms with Gasteiger partial charge in [-0.25, -0.2) is 0 Å². The third kappa shape index (κ3) is 3.34. The Bertz CT molecular complexity index is 825. The maximum absolute atomic E-state index is 12.6. The molecule has 0 bridgehead atoms. The van der Waals surface area contributed by atoms with Gasteiger partial charge in [0.2, 0.25) is 0 Å². The Morgan fingerprint density at radius 1 is 0.957 bits per heavy atom. The molecule has 23 heavy (non-hydrogen) atoms. The summed E-state index contributed by atoms with van der Waals surface area (Å²) in [5.74, 6) is 0.641. The van der Waals surface area contributed by atoms with Gasteiger partial charge in [-0.2, -0.15) is 8.42 Å². The number of methoxy groups -OCH3 is 1. The molecule has 122 valence electrons. The fourth-order valence-electron chi connectivity index (χ4n) is 2.91. The molecule has 0 aromatic heterocycles. The largest absolute Gasteiger partial charge is 0.495 e. The Balaban J connectivity index is 1.94. The van der Waals surface area contributed by atoms with Crippen molar-refractivity contribution in [2.45, 2.75) is 37.5 Å². The molecule has 0 saturated heterocycles. The van der Waals surface area contributed by atoms with Crippen molar-refractivity contribution in [1.29, 1.82) is 0 Å². The zero-order valence-electron chi connectivity index (χ0n) is 13.3. The summed E-state index contributed by atoms with van der Waals surface area (Å²) in [6, 6.07) is 10.5. The summed E-state index contributed by atoms with van der Waals surface area (Å²) >= 11 is 0. The van der Waals surface area contributed by atoms with E-state index in [2.05, 4.69) is 0 Å². The molecule has 4 nitrogen and oxygen atoms in total. The van der Waals surface area contributed by atoms with Crippen molar-refractivity contribution in [1.82, 2.24) is 0 Å². The summed E-state index contributed by atoms with van der Waals surface area (Å²) in [5.41, 5.74) is 3.30. The van der Waals surface area contributed by atoms with E-state index in [4.69, 9.17) is 8.92 Å². The van der Waals surface area contributed by atoms with Crippen molar-refractivity contribution in [3.05, 3.63) is 53.1 Å². The molecule has 0 heterocycles. The fraction of sp³-hybridized carbons (Fsp3) is 0.333. The Hall–Kier alpha value is -2.01. The maximum atomic E-state index is 12.6. The van der Waals surface area contributed by atoms with Gasteiger partial charge in [-0.3, -0.25) is 0 Å². The van der Waals surface area contributed by atoms with E-state index in [1.807, 2.05) is 19.1 Å². The molecule has 3 rings (SSSR count). The smallest absolute Gasteiger partial charge is 0.342 e. The summed E-state index contributed by atoms with van der Waals surface area (Å²) in [7, 11) is -2.48. The molecule has 0 radical (unpaired) electrons.